The highest BCUT2D eigenvalue weighted by atomic mass is 35.5. The predicted molar refractivity (Wildman–Crippen MR) is 89.8 cm³/mol. The van der Waals surface area contributed by atoms with Crippen LogP contribution in [0.1, 0.15) is 52.9 Å². The Labute approximate surface area is 155 Å². The van der Waals surface area contributed by atoms with Gasteiger partial charge in [0.2, 0.25) is 5.91 Å². The second kappa shape index (κ2) is 11.3. The number of carboxylic acid groups (broad SMARTS) is 1. The van der Waals surface area contributed by atoms with E-state index in [-0.39, 0.29) is 42.1 Å². The Morgan fingerprint density at radius 1 is 1.16 bits per heavy atom. The summed E-state index contributed by atoms with van der Waals surface area (Å²) in [4.78, 5) is 35.2. The van der Waals surface area contributed by atoms with E-state index in [1.807, 2.05) is 13.8 Å². The van der Waals surface area contributed by atoms with Gasteiger partial charge in [-0.3, -0.25) is 9.59 Å². The topological polar surface area (TPSA) is 123 Å². The molecule has 0 bridgehead atoms. The number of aliphatic carboxylic acids is 1. The monoisotopic (exact) mass is 377 g/mol. The van der Waals surface area contributed by atoms with Crippen LogP contribution in [0.25, 0.3) is 0 Å². The summed E-state index contributed by atoms with van der Waals surface area (Å²) in [6.07, 6.45) is 3.91. The number of quaternary nitrogens is 1. The van der Waals surface area contributed by atoms with Gasteiger partial charge in [-0.15, -0.1) is 0 Å². The lowest BCUT2D eigenvalue weighted by atomic mass is 9.81. The quantitative estimate of drug-likeness (QED) is 0.364. The smallest absolute Gasteiger partial charge is 0.326 e. The average molecular weight is 378 g/mol. The van der Waals surface area contributed by atoms with E-state index in [0.717, 1.165) is 25.7 Å². The fourth-order valence-electron chi connectivity index (χ4n) is 3.00. The summed E-state index contributed by atoms with van der Waals surface area (Å²) in [6.45, 7) is 6.13. The maximum Gasteiger partial charge on any atom is 0.326 e. The largest absolute Gasteiger partial charge is 1.00 e. The van der Waals surface area contributed by atoms with Gasteiger partial charge in [0.25, 0.3) is 5.91 Å². The number of carboxylic acids is 1. The first-order chi connectivity index (χ1) is 11.3. The number of rotatable bonds is 8. The molecule has 1 fully saturated rings. The van der Waals surface area contributed by atoms with Gasteiger partial charge in [0.15, 0.2) is 6.04 Å². The van der Waals surface area contributed by atoms with Gasteiger partial charge in [-0.1, -0.05) is 20.3 Å². The molecule has 7 nitrogen and oxygen atoms in total. The fraction of sp³-hybridized carbons (Fsp3) is 0.824. The van der Waals surface area contributed by atoms with E-state index in [1.54, 1.807) is 6.92 Å². The molecule has 0 heterocycles. The Hall–Kier alpha value is -1.34. The first kappa shape index (κ1) is 23.7. The third kappa shape index (κ3) is 7.61. The zero-order chi connectivity index (χ0) is 18.3. The van der Waals surface area contributed by atoms with Crippen LogP contribution in [0.3, 0.4) is 0 Å². The molecule has 25 heavy (non-hydrogen) atoms. The summed E-state index contributed by atoms with van der Waals surface area (Å²) < 4.78 is 0. The number of hydrogen-bond acceptors (Lipinski definition) is 3. The first-order valence-corrected chi connectivity index (χ1v) is 8.90. The minimum absolute atomic E-state index is 0. The van der Waals surface area contributed by atoms with Crippen LogP contribution in [0, 0.1) is 17.8 Å². The summed E-state index contributed by atoms with van der Waals surface area (Å²) >= 11 is 0. The van der Waals surface area contributed by atoms with Gasteiger partial charge in [0.1, 0.15) is 6.04 Å². The molecule has 0 saturated heterocycles. The van der Waals surface area contributed by atoms with E-state index in [4.69, 9.17) is 0 Å². The minimum atomic E-state index is -0.976. The molecule has 146 valence electrons. The van der Waals surface area contributed by atoms with Crippen molar-refractivity contribution in [2.75, 3.05) is 6.54 Å². The van der Waals surface area contributed by atoms with Crippen LogP contribution in [-0.4, -0.2) is 41.5 Å². The Bertz CT molecular complexity index is 451. The van der Waals surface area contributed by atoms with Crippen LogP contribution >= 0.6 is 0 Å². The third-order valence-corrected chi connectivity index (χ3v) is 5.01. The van der Waals surface area contributed by atoms with Gasteiger partial charge >= 0.3 is 5.97 Å². The lowest BCUT2D eigenvalue weighted by Gasteiger charge is -2.29. The predicted octanol–water partition coefficient (Wildman–Crippen LogP) is -2.84. The lowest BCUT2D eigenvalue weighted by molar-refractivity contribution is -0.398. The second-order valence-electron chi connectivity index (χ2n) is 7.07. The molecular weight excluding hydrogens is 346 g/mol. The summed E-state index contributed by atoms with van der Waals surface area (Å²) in [5.41, 5.74) is 3.69. The van der Waals surface area contributed by atoms with E-state index in [2.05, 4.69) is 16.4 Å². The van der Waals surface area contributed by atoms with Gasteiger partial charge in [0.05, 0.1) is 0 Å². The number of carbonyl (C=O) groups excluding carboxylic acids is 2. The van der Waals surface area contributed by atoms with Crippen molar-refractivity contribution in [2.24, 2.45) is 17.8 Å². The second-order valence-corrected chi connectivity index (χ2v) is 7.07. The molecule has 1 aliphatic rings. The van der Waals surface area contributed by atoms with E-state index < -0.39 is 12.0 Å². The summed E-state index contributed by atoms with van der Waals surface area (Å²) in [5.74, 6) is -1.03. The van der Waals surface area contributed by atoms with Crippen LogP contribution in [0.4, 0.5) is 0 Å². The van der Waals surface area contributed by atoms with Crippen molar-refractivity contribution >= 4 is 17.8 Å². The molecule has 0 aromatic heterocycles. The first-order valence-electron chi connectivity index (χ1n) is 8.90. The molecule has 1 rings (SSSR count). The minimum Gasteiger partial charge on any atom is -1.00 e. The van der Waals surface area contributed by atoms with Crippen LogP contribution in [0.5, 0.6) is 0 Å². The molecule has 1 saturated carbocycles. The number of nitrogens with one attached hydrogen (secondary N) is 2. The van der Waals surface area contributed by atoms with Gasteiger partial charge in [0, 0.05) is 12.5 Å². The van der Waals surface area contributed by atoms with E-state index in [9.17, 15) is 19.5 Å². The molecular formula is C17H32ClN3O4. The highest BCUT2D eigenvalue weighted by molar-refractivity contribution is 5.85. The normalized spacial score (nSPS) is 23.5. The Kier molecular flexibility index (Phi) is 10.7. The molecule has 6 N–H and O–H groups in total. The fourth-order valence-corrected chi connectivity index (χ4v) is 3.00. The Balaban J connectivity index is 0.00000576. The SMILES string of the molecule is CCC(C)[C@H](NC(=O)C1CCC(CNC(=O)[C@@H](C)[NH3+])CC1)C(=O)O.[Cl-]. The van der Waals surface area contributed by atoms with Crippen LogP contribution in [0.2, 0.25) is 0 Å². The molecule has 0 radical (unpaired) electrons. The highest BCUT2D eigenvalue weighted by Gasteiger charge is 2.31. The third-order valence-electron chi connectivity index (χ3n) is 5.01. The van der Waals surface area contributed by atoms with Crippen LogP contribution < -0.4 is 28.8 Å². The number of halogens is 1. The standard InChI is InChI=1S/C17H31N3O4.ClH/c1-4-10(2)14(17(23)24)20-16(22)13-7-5-12(6-8-13)9-19-15(21)11(3)18;/h10-14H,4-9,18H2,1-3H3,(H,19,21)(H,20,22)(H,23,24);1H/t10?,11-,12?,13?,14+;/m1./s1. The molecule has 3 atom stereocenters. The van der Waals surface area contributed by atoms with Crippen molar-refractivity contribution in [2.45, 2.75) is 65.0 Å². The molecule has 2 amide bonds. The Morgan fingerprint density at radius 3 is 2.16 bits per heavy atom. The van der Waals surface area contributed by atoms with Gasteiger partial charge < -0.3 is 33.9 Å². The maximum absolute atomic E-state index is 12.3. The molecule has 1 unspecified atom stereocenters. The molecule has 0 spiro atoms. The van der Waals surface area contributed by atoms with Crippen molar-refractivity contribution in [3.63, 3.8) is 0 Å². The van der Waals surface area contributed by atoms with Crippen molar-refractivity contribution in [1.82, 2.24) is 10.6 Å². The zero-order valence-corrected chi connectivity index (χ0v) is 16.1. The summed E-state index contributed by atoms with van der Waals surface area (Å²) in [6, 6.07) is -1.08. The van der Waals surface area contributed by atoms with Gasteiger partial charge in [-0.2, -0.15) is 0 Å². The molecule has 1 aliphatic carbocycles. The van der Waals surface area contributed by atoms with E-state index in [0.29, 0.717) is 18.9 Å². The van der Waals surface area contributed by atoms with Crippen LogP contribution in [-0.2, 0) is 14.4 Å². The average Bonchev–Trinajstić information content (AvgIpc) is 2.56. The highest BCUT2D eigenvalue weighted by Crippen LogP contribution is 2.28. The van der Waals surface area contributed by atoms with Gasteiger partial charge in [-0.25, -0.2) is 4.79 Å². The van der Waals surface area contributed by atoms with Crippen molar-refractivity contribution in [1.29, 1.82) is 0 Å². The number of hydrogen-bond donors (Lipinski definition) is 4. The Morgan fingerprint density at radius 2 is 1.72 bits per heavy atom. The van der Waals surface area contributed by atoms with E-state index in [1.165, 1.54) is 0 Å². The van der Waals surface area contributed by atoms with E-state index >= 15 is 0 Å². The molecule has 0 aromatic rings. The van der Waals surface area contributed by atoms with Crippen molar-refractivity contribution in [3.8, 4) is 0 Å². The number of carbonyl (C=O) groups is 3. The molecule has 8 heteroatoms. The summed E-state index contributed by atoms with van der Waals surface area (Å²) in [7, 11) is 0. The lowest BCUT2D eigenvalue weighted by Crippen LogP contribution is -3.00. The van der Waals surface area contributed by atoms with Gasteiger partial charge in [-0.05, 0) is 44.4 Å². The maximum atomic E-state index is 12.3. The van der Waals surface area contributed by atoms with Crippen molar-refractivity contribution in [3.05, 3.63) is 0 Å². The van der Waals surface area contributed by atoms with Crippen LogP contribution in [0.15, 0.2) is 0 Å². The molecule has 0 aromatic carbocycles. The van der Waals surface area contributed by atoms with Crippen molar-refractivity contribution < 1.29 is 37.6 Å². The summed E-state index contributed by atoms with van der Waals surface area (Å²) in [5, 5.41) is 14.9. The molecule has 0 aliphatic heterocycles. The number of amides is 2. The zero-order valence-electron chi connectivity index (χ0n) is 15.4.